The van der Waals surface area contributed by atoms with E-state index >= 15 is 0 Å². The number of nitrogens with zero attached hydrogens (tertiary/aromatic N) is 1. The summed E-state index contributed by atoms with van der Waals surface area (Å²) in [6, 6.07) is 11.1. The molecular weight excluding hydrogens is 421 g/mol. The van der Waals surface area contributed by atoms with E-state index in [-0.39, 0.29) is 23.4 Å². The molecular formula is C19H15BrFNO3S. The maximum atomic E-state index is 13.4. The normalized spacial score (nSPS) is 10.9. The topological polar surface area (TPSA) is 48.3 Å². The molecule has 26 heavy (non-hydrogen) atoms. The molecule has 7 heteroatoms. The lowest BCUT2D eigenvalue weighted by Gasteiger charge is -2.19. The Labute approximate surface area is 162 Å². The molecule has 0 aliphatic carbocycles. The lowest BCUT2D eigenvalue weighted by Crippen LogP contribution is -2.23. The first-order valence-corrected chi connectivity index (χ1v) is 9.85. The number of benzene rings is 2. The van der Waals surface area contributed by atoms with E-state index in [1.54, 1.807) is 48.1 Å². The molecule has 3 aromatic rings. The van der Waals surface area contributed by atoms with Crippen LogP contribution in [-0.2, 0) is 4.74 Å². The molecule has 0 bridgehead atoms. The predicted octanol–water partition coefficient (Wildman–Crippen LogP) is 4.79. The standard InChI is InChI=1S/C19H15BrFNO3S/c1-3-25-19(24)16-17(23)14-9-4-11(20)10-15(14)22(18(16)26-2)13-7-5-12(21)6-8-13/h4-10H,3H2,1-2H3. The van der Waals surface area contributed by atoms with Gasteiger partial charge in [0.15, 0.2) is 0 Å². The fourth-order valence-corrected chi connectivity index (χ4v) is 3.87. The number of carbonyl (C=O) groups excluding carboxylic acids is 1. The van der Waals surface area contributed by atoms with E-state index in [1.807, 2.05) is 0 Å². The van der Waals surface area contributed by atoms with Gasteiger partial charge >= 0.3 is 5.97 Å². The zero-order chi connectivity index (χ0) is 18.8. The molecule has 0 saturated heterocycles. The van der Waals surface area contributed by atoms with Crippen LogP contribution in [0.15, 0.2) is 56.8 Å². The monoisotopic (exact) mass is 435 g/mol. The van der Waals surface area contributed by atoms with Crippen LogP contribution in [0.1, 0.15) is 17.3 Å². The molecule has 0 fully saturated rings. The van der Waals surface area contributed by atoms with Gasteiger partial charge in [0.05, 0.1) is 17.1 Å². The van der Waals surface area contributed by atoms with E-state index in [2.05, 4.69) is 15.9 Å². The van der Waals surface area contributed by atoms with Crippen molar-refractivity contribution in [2.45, 2.75) is 11.9 Å². The molecule has 4 nitrogen and oxygen atoms in total. The summed E-state index contributed by atoms with van der Waals surface area (Å²) in [7, 11) is 0. The van der Waals surface area contributed by atoms with Gasteiger partial charge in [0.25, 0.3) is 0 Å². The van der Waals surface area contributed by atoms with Crippen molar-refractivity contribution in [1.82, 2.24) is 4.57 Å². The molecule has 3 rings (SSSR count). The second-order valence-electron chi connectivity index (χ2n) is 5.41. The van der Waals surface area contributed by atoms with Crippen LogP contribution in [0.5, 0.6) is 0 Å². The lowest BCUT2D eigenvalue weighted by molar-refractivity contribution is 0.0519. The van der Waals surface area contributed by atoms with E-state index < -0.39 is 5.97 Å². The van der Waals surface area contributed by atoms with E-state index in [9.17, 15) is 14.0 Å². The number of aromatic nitrogens is 1. The molecule has 1 heterocycles. The highest BCUT2D eigenvalue weighted by Crippen LogP contribution is 2.30. The number of fused-ring (bicyclic) bond motifs is 1. The highest BCUT2D eigenvalue weighted by Gasteiger charge is 2.24. The second-order valence-corrected chi connectivity index (χ2v) is 7.12. The Kier molecular flexibility index (Phi) is 5.48. The molecule has 0 unspecified atom stereocenters. The summed E-state index contributed by atoms with van der Waals surface area (Å²) >= 11 is 4.68. The summed E-state index contributed by atoms with van der Waals surface area (Å²) < 4.78 is 21.1. The van der Waals surface area contributed by atoms with Crippen LogP contribution in [0.2, 0.25) is 0 Å². The summed E-state index contributed by atoms with van der Waals surface area (Å²) in [5.74, 6) is -1.03. The SMILES string of the molecule is CCOC(=O)c1c(SC)n(-c2ccc(F)cc2)c2cc(Br)ccc2c1=O. The Morgan fingerprint density at radius 2 is 1.92 bits per heavy atom. The van der Waals surface area contributed by atoms with Crippen LogP contribution in [0.3, 0.4) is 0 Å². The molecule has 1 aromatic heterocycles. The Bertz CT molecular complexity index is 1050. The van der Waals surface area contributed by atoms with Crippen LogP contribution >= 0.6 is 27.7 Å². The number of hydrogen-bond acceptors (Lipinski definition) is 4. The van der Waals surface area contributed by atoms with Gasteiger partial charge in [0, 0.05) is 15.5 Å². The first kappa shape index (κ1) is 18.7. The fraction of sp³-hybridized carbons (Fsp3) is 0.158. The molecule has 0 N–H and O–H groups in total. The van der Waals surface area contributed by atoms with Crippen molar-refractivity contribution in [2.24, 2.45) is 0 Å². The summed E-state index contributed by atoms with van der Waals surface area (Å²) in [5, 5.41) is 0.837. The fourth-order valence-electron chi connectivity index (χ4n) is 2.76. The van der Waals surface area contributed by atoms with Crippen LogP contribution in [-0.4, -0.2) is 23.4 Å². The van der Waals surface area contributed by atoms with Crippen LogP contribution < -0.4 is 5.43 Å². The Morgan fingerprint density at radius 1 is 1.23 bits per heavy atom. The van der Waals surface area contributed by atoms with Gasteiger partial charge in [-0.1, -0.05) is 15.9 Å². The number of esters is 1. The van der Waals surface area contributed by atoms with Crippen molar-refractivity contribution in [1.29, 1.82) is 0 Å². The van der Waals surface area contributed by atoms with Crippen molar-refractivity contribution in [3.8, 4) is 5.69 Å². The first-order chi connectivity index (χ1) is 12.5. The van der Waals surface area contributed by atoms with Crippen LogP contribution in [0.4, 0.5) is 4.39 Å². The van der Waals surface area contributed by atoms with Gasteiger partial charge in [-0.3, -0.25) is 4.79 Å². The minimum Gasteiger partial charge on any atom is -0.462 e. The van der Waals surface area contributed by atoms with Gasteiger partial charge in [-0.2, -0.15) is 0 Å². The van der Waals surface area contributed by atoms with Crippen molar-refractivity contribution < 1.29 is 13.9 Å². The number of ether oxygens (including phenoxy) is 1. The van der Waals surface area contributed by atoms with E-state index in [0.29, 0.717) is 21.6 Å². The average molecular weight is 436 g/mol. The van der Waals surface area contributed by atoms with Crippen molar-refractivity contribution in [2.75, 3.05) is 12.9 Å². The van der Waals surface area contributed by atoms with Gasteiger partial charge in [-0.05, 0) is 55.6 Å². The highest BCUT2D eigenvalue weighted by atomic mass is 79.9. The number of rotatable bonds is 4. The first-order valence-electron chi connectivity index (χ1n) is 7.83. The summed E-state index contributed by atoms with van der Waals surface area (Å²) in [5.41, 5.74) is 0.866. The zero-order valence-corrected chi connectivity index (χ0v) is 16.5. The quantitative estimate of drug-likeness (QED) is 0.436. The molecule has 0 spiro atoms. The Morgan fingerprint density at radius 3 is 2.54 bits per heavy atom. The molecule has 0 amide bonds. The molecule has 0 saturated carbocycles. The van der Waals surface area contributed by atoms with Gasteiger partial charge in [-0.25, -0.2) is 9.18 Å². The third-order valence-electron chi connectivity index (χ3n) is 3.85. The number of thioether (sulfide) groups is 1. The largest absolute Gasteiger partial charge is 0.462 e. The number of hydrogen-bond donors (Lipinski definition) is 0. The van der Waals surface area contributed by atoms with E-state index in [1.165, 1.54) is 23.9 Å². The minimum absolute atomic E-state index is 0.0153. The average Bonchev–Trinajstić information content (AvgIpc) is 2.62. The van der Waals surface area contributed by atoms with Crippen LogP contribution in [0, 0.1) is 5.82 Å². The molecule has 0 atom stereocenters. The van der Waals surface area contributed by atoms with Crippen molar-refractivity contribution in [3.63, 3.8) is 0 Å². The van der Waals surface area contributed by atoms with Gasteiger partial charge in [0.1, 0.15) is 11.4 Å². The number of carbonyl (C=O) groups is 1. The molecule has 0 aliphatic heterocycles. The highest BCUT2D eigenvalue weighted by molar-refractivity contribution is 9.10. The van der Waals surface area contributed by atoms with E-state index in [4.69, 9.17) is 4.74 Å². The number of pyridine rings is 1. The summed E-state index contributed by atoms with van der Waals surface area (Å²) in [6.07, 6.45) is 1.78. The van der Waals surface area contributed by atoms with Gasteiger partial charge in [-0.15, -0.1) is 11.8 Å². The van der Waals surface area contributed by atoms with Crippen LogP contribution in [0.25, 0.3) is 16.6 Å². The van der Waals surface area contributed by atoms with Gasteiger partial charge < -0.3 is 9.30 Å². The maximum absolute atomic E-state index is 13.4. The van der Waals surface area contributed by atoms with Crippen molar-refractivity contribution >= 4 is 44.6 Å². The third-order valence-corrected chi connectivity index (χ3v) is 5.11. The predicted molar refractivity (Wildman–Crippen MR) is 105 cm³/mol. The smallest absolute Gasteiger partial charge is 0.344 e. The van der Waals surface area contributed by atoms with E-state index in [0.717, 1.165) is 4.47 Å². The Balaban J connectivity index is 2.48. The molecule has 0 radical (unpaired) electrons. The number of halogens is 2. The minimum atomic E-state index is -0.664. The Hall–Kier alpha value is -2.12. The van der Waals surface area contributed by atoms with Gasteiger partial charge in [0.2, 0.25) is 5.43 Å². The second kappa shape index (κ2) is 7.63. The third kappa shape index (κ3) is 3.29. The summed E-state index contributed by atoms with van der Waals surface area (Å²) in [4.78, 5) is 25.4. The zero-order valence-electron chi connectivity index (χ0n) is 14.1. The van der Waals surface area contributed by atoms with Crippen molar-refractivity contribution in [3.05, 3.63) is 68.5 Å². The molecule has 0 aliphatic rings. The lowest BCUT2D eigenvalue weighted by atomic mass is 10.1. The molecule has 134 valence electrons. The summed E-state index contributed by atoms with van der Waals surface area (Å²) in [6.45, 7) is 1.86. The molecule has 2 aromatic carbocycles. The maximum Gasteiger partial charge on any atom is 0.344 e.